The van der Waals surface area contributed by atoms with Crippen molar-refractivity contribution in [1.29, 1.82) is 0 Å². The number of halogens is 1. The molecule has 1 aromatic heterocycles. The van der Waals surface area contributed by atoms with E-state index in [0.29, 0.717) is 12.6 Å². The summed E-state index contributed by atoms with van der Waals surface area (Å²) in [6.45, 7) is 7.85. The number of rotatable bonds is 4. The largest absolute Gasteiger partial charge is 0.349 e. The Morgan fingerprint density at radius 3 is 2.84 bits per heavy atom. The van der Waals surface area contributed by atoms with Gasteiger partial charge < -0.3 is 10.6 Å². The highest BCUT2D eigenvalue weighted by atomic mass is 35.5. The third-order valence-corrected chi connectivity index (χ3v) is 4.58. The molecule has 2 aromatic rings. The van der Waals surface area contributed by atoms with Gasteiger partial charge in [-0.25, -0.2) is 0 Å². The SMILES string of the molecule is Cc1cc(C)n(Cc2cccc(C(=O)NC3CCNC(C)C3)c2)n1.Cl. The third kappa shape index (κ3) is 5.06. The highest BCUT2D eigenvalue weighted by molar-refractivity contribution is 5.94. The van der Waals surface area contributed by atoms with Crippen molar-refractivity contribution in [3.8, 4) is 0 Å². The smallest absolute Gasteiger partial charge is 0.251 e. The Kier molecular flexibility index (Phi) is 6.62. The predicted octanol–water partition coefficient (Wildman–Crippen LogP) is 2.84. The molecule has 0 saturated carbocycles. The molecule has 1 aliphatic heterocycles. The van der Waals surface area contributed by atoms with Crippen LogP contribution in [0.4, 0.5) is 0 Å². The van der Waals surface area contributed by atoms with E-state index in [1.165, 1.54) is 0 Å². The Labute approximate surface area is 155 Å². The molecule has 1 saturated heterocycles. The fraction of sp³-hybridized carbons (Fsp3) is 0.474. The number of hydrogen-bond donors (Lipinski definition) is 2. The number of hydrogen-bond acceptors (Lipinski definition) is 3. The van der Waals surface area contributed by atoms with Gasteiger partial charge in [0.05, 0.1) is 12.2 Å². The number of aromatic nitrogens is 2. The van der Waals surface area contributed by atoms with E-state index in [1.807, 2.05) is 35.9 Å². The van der Waals surface area contributed by atoms with Gasteiger partial charge in [-0.05, 0) is 63.9 Å². The maximum absolute atomic E-state index is 12.5. The van der Waals surface area contributed by atoms with Crippen molar-refractivity contribution in [2.45, 2.75) is 52.2 Å². The molecule has 2 unspecified atom stereocenters. The minimum absolute atomic E-state index is 0. The van der Waals surface area contributed by atoms with E-state index in [9.17, 15) is 4.79 Å². The summed E-state index contributed by atoms with van der Waals surface area (Å²) < 4.78 is 1.97. The molecular weight excluding hydrogens is 336 g/mol. The Bertz CT molecular complexity index is 728. The minimum Gasteiger partial charge on any atom is -0.349 e. The molecule has 1 aromatic carbocycles. The molecule has 0 bridgehead atoms. The Morgan fingerprint density at radius 2 is 2.16 bits per heavy atom. The molecule has 2 N–H and O–H groups in total. The summed E-state index contributed by atoms with van der Waals surface area (Å²) >= 11 is 0. The topological polar surface area (TPSA) is 59.0 Å². The van der Waals surface area contributed by atoms with Crippen LogP contribution >= 0.6 is 12.4 Å². The average molecular weight is 363 g/mol. The van der Waals surface area contributed by atoms with E-state index >= 15 is 0 Å². The van der Waals surface area contributed by atoms with Crippen LogP contribution in [0.25, 0.3) is 0 Å². The van der Waals surface area contributed by atoms with E-state index in [4.69, 9.17) is 0 Å². The molecule has 6 heteroatoms. The van der Waals surface area contributed by atoms with Crippen molar-refractivity contribution in [1.82, 2.24) is 20.4 Å². The van der Waals surface area contributed by atoms with E-state index in [2.05, 4.69) is 35.6 Å². The summed E-state index contributed by atoms with van der Waals surface area (Å²) in [4.78, 5) is 12.5. The Balaban J connectivity index is 0.00000225. The van der Waals surface area contributed by atoms with Crippen LogP contribution in [0.15, 0.2) is 30.3 Å². The highest BCUT2D eigenvalue weighted by Gasteiger charge is 2.20. The minimum atomic E-state index is 0. The van der Waals surface area contributed by atoms with E-state index in [1.54, 1.807) is 0 Å². The van der Waals surface area contributed by atoms with Gasteiger partial charge in [-0.1, -0.05) is 12.1 Å². The van der Waals surface area contributed by atoms with Crippen LogP contribution in [0.1, 0.15) is 47.1 Å². The number of carbonyl (C=O) groups is 1. The first-order chi connectivity index (χ1) is 11.5. The van der Waals surface area contributed by atoms with Crippen LogP contribution in [0.5, 0.6) is 0 Å². The van der Waals surface area contributed by atoms with Gasteiger partial charge in [0.1, 0.15) is 0 Å². The van der Waals surface area contributed by atoms with Crippen LogP contribution < -0.4 is 10.6 Å². The normalized spacial score (nSPS) is 20.0. The van der Waals surface area contributed by atoms with Crippen LogP contribution in [-0.4, -0.2) is 34.3 Å². The molecule has 1 amide bonds. The molecule has 0 aliphatic carbocycles. The number of piperidine rings is 1. The zero-order valence-corrected chi connectivity index (χ0v) is 15.9. The zero-order chi connectivity index (χ0) is 17.1. The molecule has 1 fully saturated rings. The standard InChI is InChI=1S/C19H26N4O.ClH/c1-13-10-18(7-8-20-13)21-19(24)17-6-4-5-16(11-17)12-23-15(3)9-14(2)22-23;/h4-6,9,11,13,18,20H,7-8,10,12H2,1-3H3,(H,21,24);1H. The molecule has 2 heterocycles. The molecule has 5 nitrogen and oxygen atoms in total. The highest BCUT2D eigenvalue weighted by Crippen LogP contribution is 2.12. The van der Waals surface area contributed by atoms with E-state index in [-0.39, 0.29) is 24.4 Å². The fourth-order valence-electron chi connectivity index (χ4n) is 3.35. The number of nitrogens with zero attached hydrogens (tertiary/aromatic N) is 2. The second-order valence-electron chi connectivity index (χ2n) is 6.84. The fourth-order valence-corrected chi connectivity index (χ4v) is 3.35. The van der Waals surface area contributed by atoms with Gasteiger partial charge in [0.2, 0.25) is 0 Å². The summed E-state index contributed by atoms with van der Waals surface area (Å²) in [5.41, 5.74) is 3.96. The summed E-state index contributed by atoms with van der Waals surface area (Å²) in [7, 11) is 0. The molecule has 136 valence electrons. The summed E-state index contributed by atoms with van der Waals surface area (Å²) in [6.07, 6.45) is 1.97. The van der Waals surface area contributed by atoms with Gasteiger partial charge in [0, 0.05) is 23.3 Å². The molecule has 0 spiro atoms. The molecule has 1 aliphatic rings. The molecule has 2 atom stereocenters. The van der Waals surface area contributed by atoms with Crippen molar-refractivity contribution in [3.05, 3.63) is 52.8 Å². The number of nitrogens with one attached hydrogen (secondary N) is 2. The van der Waals surface area contributed by atoms with Crippen molar-refractivity contribution in [2.24, 2.45) is 0 Å². The van der Waals surface area contributed by atoms with Crippen molar-refractivity contribution in [2.75, 3.05) is 6.54 Å². The van der Waals surface area contributed by atoms with Gasteiger partial charge >= 0.3 is 0 Å². The Morgan fingerprint density at radius 1 is 1.36 bits per heavy atom. The lowest BCUT2D eigenvalue weighted by Gasteiger charge is -2.28. The first kappa shape index (κ1) is 19.5. The monoisotopic (exact) mass is 362 g/mol. The first-order valence-corrected chi connectivity index (χ1v) is 8.65. The number of amides is 1. The van der Waals surface area contributed by atoms with Crippen LogP contribution in [0.2, 0.25) is 0 Å². The lowest BCUT2D eigenvalue weighted by Crippen LogP contribution is -2.46. The van der Waals surface area contributed by atoms with Crippen LogP contribution in [0, 0.1) is 13.8 Å². The van der Waals surface area contributed by atoms with Crippen molar-refractivity contribution >= 4 is 18.3 Å². The predicted molar refractivity (Wildman–Crippen MR) is 102 cm³/mol. The van der Waals surface area contributed by atoms with Gasteiger partial charge in [-0.2, -0.15) is 5.10 Å². The third-order valence-electron chi connectivity index (χ3n) is 4.58. The maximum atomic E-state index is 12.5. The van der Waals surface area contributed by atoms with E-state index < -0.39 is 0 Å². The summed E-state index contributed by atoms with van der Waals surface area (Å²) in [5.74, 6) is 0.0179. The van der Waals surface area contributed by atoms with E-state index in [0.717, 1.165) is 41.9 Å². The number of carbonyl (C=O) groups excluding carboxylic acids is 1. The van der Waals surface area contributed by atoms with Gasteiger partial charge in [-0.3, -0.25) is 9.48 Å². The van der Waals surface area contributed by atoms with Crippen molar-refractivity contribution in [3.63, 3.8) is 0 Å². The molecule has 0 radical (unpaired) electrons. The second-order valence-corrected chi connectivity index (χ2v) is 6.84. The zero-order valence-electron chi connectivity index (χ0n) is 15.1. The quantitative estimate of drug-likeness (QED) is 0.879. The van der Waals surface area contributed by atoms with Gasteiger partial charge in [-0.15, -0.1) is 12.4 Å². The second kappa shape index (κ2) is 8.50. The van der Waals surface area contributed by atoms with Crippen LogP contribution in [-0.2, 0) is 6.54 Å². The van der Waals surface area contributed by atoms with Crippen LogP contribution in [0.3, 0.4) is 0 Å². The van der Waals surface area contributed by atoms with Gasteiger partial charge in [0.25, 0.3) is 5.91 Å². The average Bonchev–Trinajstić information content (AvgIpc) is 2.85. The lowest BCUT2D eigenvalue weighted by atomic mass is 10.00. The summed E-state index contributed by atoms with van der Waals surface area (Å²) in [6, 6.07) is 10.6. The summed E-state index contributed by atoms with van der Waals surface area (Å²) in [5, 5.41) is 11.1. The molecule has 3 rings (SSSR count). The van der Waals surface area contributed by atoms with Gasteiger partial charge in [0.15, 0.2) is 0 Å². The Hall–Kier alpha value is -1.85. The number of aryl methyl sites for hydroxylation is 2. The molecule has 25 heavy (non-hydrogen) atoms. The molecular formula is C19H27ClN4O. The lowest BCUT2D eigenvalue weighted by molar-refractivity contribution is 0.0925. The first-order valence-electron chi connectivity index (χ1n) is 8.65. The maximum Gasteiger partial charge on any atom is 0.251 e. The van der Waals surface area contributed by atoms with Crippen molar-refractivity contribution < 1.29 is 4.79 Å². The number of benzene rings is 1.